The summed E-state index contributed by atoms with van der Waals surface area (Å²) in [6.45, 7) is 3.42. The molecular formula is C21H29N3O2. The molecule has 0 saturated heterocycles. The molecule has 2 rings (SSSR count). The molecule has 0 saturated carbocycles. The number of hydrogen-bond donors (Lipinski definition) is 0. The van der Waals surface area contributed by atoms with E-state index >= 15 is 0 Å². The molecule has 0 spiro atoms. The van der Waals surface area contributed by atoms with E-state index in [9.17, 15) is 9.59 Å². The van der Waals surface area contributed by atoms with Crippen molar-refractivity contribution in [1.29, 1.82) is 0 Å². The van der Waals surface area contributed by atoms with Crippen molar-refractivity contribution in [2.24, 2.45) is 0 Å². The number of likely N-dealkylation sites (N-methyl/N-ethyl adjacent to an activating group) is 1. The van der Waals surface area contributed by atoms with Gasteiger partial charge in [0.1, 0.15) is 0 Å². The Labute approximate surface area is 156 Å². The molecule has 0 radical (unpaired) electrons. The summed E-state index contributed by atoms with van der Waals surface area (Å²) < 4.78 is 0. The molecule has 0 unspecified atom stereocenters. The maximum atomic E-state index is 12.4. The van der Waals surface area contributed by atoms with Gasteiger partial charge in [0.25, 0.3) is 0 Å². The van der Waals surface area contributed by atoms with E-state index in [1.54, 1.807) is 16.0 Å². The highest BCUT2D eigenvalue weighted by Gasteiger charge is 2.12. The number of carbonyl (C=O) groups is 2. The van der Waals surface area contributed by atoms with Crippen LogP contribution in [0.1, 0.15) is 38.2 Å². The van der Waals surface area contributed by atoms with E-state index in [1.165, 1.54) is 0 Å². The van der Waals surface area contributed by atoms with Crippen molar-refractivity contribution in [3.05, 3.63) is 42.2 Å². The average molecular weight is 355 g/mol. The Kier molecular flexibility index (Phi) is 7.57. The average Bonchev–Trinajstić information content (AvgIpc) is 2.65. The monoisotopic (exact) mass is 355 g/mol. The lowest BCUT2D eigenvalue weighted by atomic mass is 10.1. The molecule has 2 aromatic rings. The minimum atomic E-state index is 0.0957. The lowest BCUT2D eigenvalue weighted by Gasteiger charge is -2.21. The van der Waals surface area contributed by atoms with Crippen molar-refractivity contribution >= 4 is 22.6 Å². The van der Waals surface area contributed by atoms with E-state index in [4.69, 9.17) is 0 Å². The number of fused-ring (bicyclic) bond motifs is 1. The molecule has 0 bridgehead atoms. The van der Waals surface area contributed by atoms with Crippen LogP contribution in [-0.2, 0) is 16.0 Å². The van der Waals surface area contributed by atoms with Crippen molar-refractivity contribution in [3.63, 3.8) is 0 Å². The van der Waals surface area contributed by atoms with Gasteiger partial charge in [0.15, 0.2) is 0 Å². The van der Waals surface area contributed by atoms with Crippen LogP contribution in [0.4, 0.5) is 0 Å². The number of rotatable bonds is 9. The van der Waals surface area contributed by atoms with Gasteiger partial charge in [-0.15, -0.1) is 0 Å². The third-order valence-corrected chi connectivity index (χ3v) is 4.64. The van der Waals surface area contributed by atoms with Gasteiger partial charge in [-0.05, 0) is 29.9 Å². The summed E-state index contributed by atoms with van der Waals surface area (Å²) in [5.41, 5.74) is 1.01. The third kappa shape index (κ3) is 5.83. The van der Waals surface area contributed by atoms with Crippen LogP contribution in [0.25, 0.3) is 10.8 Å². The van der Waals surface area contributed by atoms with Gasteiger partial charge in [0.2, 0.25) is 11.8 Å². The first-order chi connectivity index (χ1) is 12.5. The van der Waals surface area contributed by atoms with E-state index < -0.39 is 0 Å². The number of amides is 2. The number of nitrogens with zero attached hydrogens (tertiary/aromatic N) is 3. The lowest BCUT2D eigenvalue weighted by Crippen LogP contribution is -2.33. The number of aromatic nitrogens is 1. The summed E-state index contributed by atoms with van der Waals surface area (Å²) in [4.78, 5) is 32.0. The lowest BCUT2D eigenvalue weighted by molar-refractivity contribution is -0.130. The second kappa shape index (κ2) is 9.90. The van der Waals surface area contributed by atoms with E-state index in [-0.39, 0.29) is 11.8 Å². The standard InChI is InChI=1S/C21H29N3O2/c1-4-5-7-20(25)23(2)12-6-13-24(3)21(26)15-17-8-9-19-16-22-11-10-18(19)14-17/h8-11,14,16H,4-7,12-13,15H2,1-3H3. The van der Waals surface area contributed by atoms with Crippen molar-refractivity contribution < 1.29 is 9.59 Å². The topological polar surface area (TPSA) is 53.5 Å². The largest absolute Gasteiger partial charge is 0.346 e. The molecule has 1 aromatic heterocycles. The zero-order chi connectivity index (χ0) is 18.9. The van der Waals surface area contributed by atoms with Gasteiger partial charge in [-0.25, -0.2) is 0 Å². The van der Waals surface area contributed by atoms with Crippen LogP contribution in [0.15, 0.2) is 36.7 Å². The summed E-state index contributed by atoms with van der Waals surface area (Å²) in [5, 5.41) is 2.17. The van der Waals surface area contributed by atoms with Gasteiger partial charge in [0, 0.05) is 51.4 Å². The van der Waals surface area contributed by atoms with Crippen LogP contribution in [-0.4, -0.2) is 53.8 Å². The minimum absolute atomic E-state index is 0.0957. The fraction of sp³-hybridized carbons (Fsp3) is 0.476. The number of unbranched alkanes of at least 4 members (excludes halogenated alkanes) is 1. The first-order valence-electron chi connectivity index (χ1n) is 9.32. The second-order valence-corrected chi connectivity index (χ2v) is 6.82. The summed E-state index contributed by atoms with van der Waals surface area (Å²) in [6, 6.07) is 7.99. The van der Waals surface area contributed by atoms with E-state index in [1.807, 2.05) is 44.6 Å². The Morgan fingerprint density at radius 1 is 0.962 bits per heavy atom. The smallest absolute Gasteiger partial charge is 0.226 e. The van der Waals surface area contributed by atoms with E-state index in [0.29, 0.717) is 25.9 Å². The fourth-order valence-electron chi connectivity index (χ4n) is 2.87. The van der Waals surface area contributed by atoms with Crippen molar-refractivity contribution in [3.8, 4) is 0 Å². The molecular weight excluding hydrogens is 326 g/mol. The zero-order valence-corrected chi connectivity index (χ0v) is 16.1. The summed E-state index contributed by atoms with van der Waals surface area (Å²) in [6.07, 6.45) is 7.34. The molecule has 0 atom stereocenters. The van der Waals surface area contributed by atoms with Crippen LogP contribution in [0.3, 0.4) is 0 Å². The van der Waals surface area contributed by atoms with Crippen LogP contribution < -0.4 is 0 Å². The van der Waals surface area contributed by atoms with Crippen LogP contribution in [0.5, 0.6) is 0 Å². The number of benzene rings is 1. The Hall–Kier alpha value is -2.43. The van der Waals surface area contributed by atoms with Gasteiger partial charge >= 0.3 is 0 Å². The molecule has 0 fully saturated rings. The van der Waals surface area contributed by atoms with Crippen molar-refractivity contribution in [1.82, 2.24) is 14.8 Å². The number of carbonyl (C=O) groups excluding carboxylic acids is 2. The highest BCUT2D eigenvalue weighted by molar-refractivity contribution is 5.84. The van der Waals surface area contributed by atoms with Crippen LogP contribution in [0.2, 0.25) is 0 Å². The maximum Gasteiger partial charge on any atom is 0.226 e. The molecule has 5 nitrogen and oxygen atoms in total. The summed E-state index contributed by atoms with van der Waals surface area (Å²) >= 11 is 0. The van der Waals surface area contributed by atoms with E-state index in [2.05, 4.69) is 11.9 Å². The molecule has 0 aliphatic heterocycles. The number of hydrogen-bond acceptors (Lipinski definition) is 3. The SMILES string of the molecule is CCCCC(=O)N(C)CCCN(C)C(=O)Cc1ccc2cnccc2c1. The highest BCUT2D eigenvalue weighted by Crippen LogP contribution is 2.15. The minimum Gasteiger partial charge on any atom is -0.346 e. The van der Waals surface area contributed by atoms with Gasteiger partial charge in [0.05, 0.1) is 6.42 Å². The van der Waals surface area contributed by atoms with Gasteiger partial charge in [-0.2, -0.15) is 0 Å². The molecule has 1 aromatic carbocycles. The molecule has 26 heavy (non-hydrogen) atoms. The van der Waals surface area contributed by atoms with Gasteiger partial charge in [-0.1, -0.05) is 31.5 Å². The van der Waals surface area contributed by atoms with Crippen molar-refractivity contribution in [2.75, 3.05) is 27.2 Å². The fourth-order valence-corrected chi connectivity index (χ4v) is 2.87. The first-order valence-corrected chi connectivity index (χ1v) is 9.32. The predicted molar refractivity (Wildman–Crippen MR) is 105 cm³/mol. The van der Waals surface area contributed by atoms with E-state index in [0.717, 1.165) is 35.6 Å². The summed E-state index contributed by atoms with van der Waals surface area (Å²) in [5.74, 6) is 0.282. The van der Waals surface area contributed by atoms with Gasteiger partial charge < -0.3 is 9.80 Å². The van der Waals surface area contributed by atoms with Crippen molar-refractivity contribution in [2.45, 2.75) is 39.0 Å². The Bertz CT molecular complexity index is 745. The molecule has 2 amide bonds. The molecule has 0 N–H and O–H groups in total. The predicted octanol–water partition coefficient (Wildman–Crippen LogP) is 3.27. The highest BCUT2D eigenvalue weighted by atomic mass is 16.2. The first kappa shape index (κ1) is 19.9. The molecule has 5 heteroatoms. The second-order valence-electron chi connectivity index (χ2n) is 6.82. The van der Waals surface area contributed by atoms with Gasteiger partial charge in [-0.3, -0.25) is 14.6 Å². The van der Waals surface area contributed by atoms with Crippen LogP contribution in [0, 0.1) is 0 Å². The zero-order valence-electron chi connectivity index (χ0n) is 16.1. The Morgan fingerprint density at radius 3 is 2.42 bits per heavy atom. The molecule has 140 valence electrons. The Balaban J connectivity index is 1.78. The molecule has 0 aliphatic carbocycles. The summed E-state index contributed by atoms with van der Waals surface area (Å²) in [7, 11) is 3.66. The Morgan fingerprint density at radius 2 is 1.69 bits per heavy atom. The normalized spacial score (nSPS) is 10.7. The maximum absolute atomic E-state index is 12.4. The molecule has 0 aliphatic rings. The molecule has 1 heterocycles. The number of pyridine rings is 1. The van der Waals surface area contributed by atoms with Crippen LogP contribution >= 0.6 is 0 Å². The quantitative estimate of drug-likeness (QED) is 0.694. The third-order valence-electron chi connectivity index (χ3n) is 4.64.